The van der Waals surface area contributed by atoms with Gasteiger partial charge in [-0.3, -0.25) is 24.6 Å². The number of hydrogen-bond donors (Lipinski definition) is 2. The van der Waals surface area contributed by atoms with Crippen LogP contribution in [0.2, 0.25) is 0 Å². The monoisotopic (exact) mass is 518 g/mol. The maximum Gasteiger partial charge on any atom is 0.255 e. The molecule has 0 bridgehead atoms. The van der Waals surface area contributed by atoms with Gasteiger partial charge < -0.3 is 20.4 Å². The molecule has 4 aliphatic rings. The van der Waals surface area contributed by atoms with E-state index in [1.807, 2.05) is 18.2 Å². The van der Waals surface area contributed by atoms with Gasteiger partial charge in [-0.15, -0.1) is 10.2 Å². The number of hydrogen-bond acceptors (Lipinski definition) is 9. The molecule has 3 saturated heterocycles. The molecule has 5 heterocycles. The van der Waals surface area contributed by atoms with Crippen molar-refractivity contribution in [3.05, 3.63) is 41.5 Å². The summed E-state index contributed by atoms with van der Waals surface area (Å²) in [6.07, 6.45) is 2.94. The fourth-order valence-corrected chi connectivity index (χ4v) is 6.16. The van der Waals surface area contributed by atoms with Gasteiger partial charge in [-0.1, -0.05) is 0 Å². The molecule has 2 aromatic rings. The highest BCUT2D eigenvalue weighted by molar-refractivity contribution is 6.05. The highest BCUT2D eigenvalue weighted by atomic mass is 16.2. The van der Waals surface area contributed by atoms with Crippen molar-refractivity contribution in [2.45, 2.75) is 38.3 Å². The summed E-state index contributed by atoms with van der Waals surface area (Å²) < 4.78 is 0. The van der Waals surface area contributed by atoms with E-state index in [0.717, 1.165) is 75.7 Å². The van der Waals surface area contributed by atoms with Crippen molar-refractivity contribution in [3.63, 3.8) is 0 Å². The third-order valence-electron chi connectivity index (χ3n) is 8.37. The molecule has 3 fully saturated rings. The first-order chi connectivity index (χ1) is 18.4. The van der Waals surface area contributed by atoms with Crippen molar-refractivity contribution in [3.8, 4) is 0 Å². The third-order valence-corrected chi connectivity index (χ3v) is 8.37. The molecule has 3 amide bonds. The summed E-state index contributed by atoms with van der Waals surface area (Å²) in [5, 5.41) is 10.6. The van der Waals surface area contributed by atoms with E-state index in [4.69, 9.17) is 5.73 Å². The van der Waals surface area contributed by atoms with Crippen LogP contribution < -0.4 is 20.9 Å². The van der Waals surface area contributed by atoms with Gasteiger partial charge in [0.1, 0.15) is 11.9 Å². The van der Waals surface area contributed by atoms with Crippen LogP contribution in [-0.2, 0) is 16.1 Å². The standard InChI is InChI=1S/C27H34N8O3/c28-23-4-5-24(31-30-23)34-9-7-18(8-10-34)16-32-11-13-33(14-12-32)20-1-2-21-19(15-20)17-35(27(21)38)22-3-6-25(36)29-26(22)37/h1-2,4-5,15,18,22H,3,6-14,16-17H2,(H2,28,30)(H,29,36,37). The van der Waals surface area contributed by atoms with E-state index in [-0.39, 0.29) is 24.1 Å². The molecule has 1 aromatic heterocycles. The third kappa shape index (κ3) is 4.90. The summed E-state index contributed by atoms with van der Waals surface area (Å²) in [4.78, 5) is 45.7. The summed E-state index contributed by atoms with van der Waals surface area (Å²) in [6, 6.07) is 9.20. The lowest BCUT2D eigenvalue weighted by Crippen LogP contribution is -2.52. The average Bonchev–Trinajstić information content (AvgIpc) is 3.25. The Morgan fingerprint density at radius 2 is 1.68 bits per heavy atom. The smallest absolute Gasteiger partial charge is 0.255 e. The minimum Gasteiger partial charge on any atom is -0.382 e. The first-order valence-corrected chi connectivity index (χ1v) is 13.5. The zero-order valence-corrected chi connectivity index (χ0v) is 21.5. The maximum absolute atomic E-state index is 13.0. The molecule has 0 aliphatic carbocycles. The molecule has 200 valence electrons. The molecule has 0 radical (unpaired) electrons. The fourth-order valence-electron chi connectivity index (χ4n) is 6.16. The topological polar surface area (TPSA) is 128 Å². The van der Waals surface area contributed by atoms with Crippen LogP contribution in [0.5, 0.6) is 0 Å². The molecular weight excluding hydrogens is 484 g/mol. The molecule has 0 saturated carbocycles. The zero-order chi connectivity index (χ0) is 26.2. The number of carbonyl (C=O) groups is 3. The summed E-state index contributed by atoms with van der Waals surface area (Å²) in [7, 11) is 0. The van der Waals surface area contributed by atoms with Crippen LogP contribution in [0, 0.1) is 5.92 Å². The Hall–Kier alpha value is -3.73. The molecule has 1 unspecified atom stereocenters. The van der Waals surface area contributed by atoms with Gasteiger partial charge in [-0.25, -0.2) is 0 Å². The Labute approximate surface area is 221 Å². The first-order valence-electron chi connectivity index (χ1n) is 13.5. The van der Waals surface area contributed by atoms with Gasteiger partial charge in [0.15, 0.2) is 5.82 Å². The second kappa shape index (κ2) is 10.2. The number of nitrogens with two attached hydrogens (primary N) is 1. The lowest BCUT2D eigenvalue weighted by Gasteiger charge is -2.39. The largest absolute Gasteiger partial charge is 0.382 e. The summed E-state index contributed by atoms with van der Waals surface area (Å²) >= 11 is 0. The molecule has 1 atom stereocenters. The number of piperazine rings is 1. The lowest BCUT2D eigenvalue weighted by atomic mass is 9.96. The lowest BCUT2D eigenvalue weighted by molar-refractivity contribution is -0.136. The molecule has 11 nitrogen and oxygen atoms in total. The van der Waals surface area contributed by atoms with Crippen LogP contribution in [0.4, 0.5) is 17.3 Å². The Morgan fingerprint density at radius 3 is 2.39 bits per heavy atom. The van der Waals surface area contributed by atoms with E-state index in [0.29, 0.717) is 30.3 Å². The van der Waals surface area contributed by atoms with E-state index < -0.39 is 6.04 Å². The molecule has 4 aliphatic heterocycles. The molecule has 1 aromatic carbocycles. The van der Waals surface area contributed by atoms with Crippen LogP contribution >= 0.6 is 0 Å². The van der Waals surface area contributed by atoms with Crippen molar-refractivity contribution >= 4 is 35.0 Å². The van der Waals surface area contributed by atoms with E-state index in [2.05, 4.69) is 36.3 Å². The van der Waals surface area contributed by atoms with Crippen molar-refractivity contribution in [2.75, 3.05) is 61.3 Å². The van der Waals surface area contributed by atoms with Crippen molar-refractivity contribution in [1.29, 1.82) is 0 Å². The van der Waals surface area contributed by atoms with E-state index in [9.17, 15) is 14.4 Å². The highest BCUT2D eigenvalue weighted by Crippen LogP contribution is 2.31. The van der Waals surface area contributed by atoms with Gasteiger partial charge in [-0.05, 0) is 61.1 Å². The number of aromatic nitrogens is 2. The Bertz CT molecular complexity index is 1220. The second-order valence-corrected chi connectivity index (χ2v) is 10.8. The highest BCUT2D eigenvalue weighted by Gasteiger charge is 2.39. The van der Waals surface area contributed by atoms with Gasteiger partial charge in [0.05, 0.1) is 0 Å². The number of nitrogens with one attached hydrogen (secondary N) is 1. The number of nitrogen functional groups attached to an aromatic ring is 1. The molecule has 3 N–H and O–H groups in total. The molecule has 0 spiro atoms. The predicted octanol–water partition coefficient (Wildman–Crippen LogP) is 0.858. The van der Waals surface area contributed by atoms with Gasteiger partial charge in [0.25, 0.3) is 5.91 Å². The number of piperidine rings is 2. The zero-order valence-electron chi connectivity index (χ0n) is 21.5. The number of anilines is 3. The van der Waals surface area contributed by atoms with Crippen molar-refractivity contribution in [2.24, 2.45) is 5.92 Å². The summed E-state index contributed by atoms with van der Waals surface area (Å²) in [5.74, 6) is 1.27. The Balaban J connectivity index is 0.999. The number of imide groups is 1. The Kier molecular flexibility index (Phi) is 6.61. The van der Waals surface area contributed by atoms with Crippen LogP contribution in [0.1, 0.15) is 41.6 Å². The van der Waals surface area contributed by atoms with Crippen LogP contribution in [0.3, 0.4) is 0 Å². The average molecular weight is 519 g/mol. The van der Waals surface area contributed by atoms with Gasteiger partial charge in [-0.2, -0.15) is 0 Å². The number of rotatable bonds is 5. The van der Waals surface area contributed by atoms with E-state index >= 15 is 0 Å². The number of carbonyl (C=O) groups excluding carboxylic acids is 3. The summed E-state index contributed by atoms with van der Waals surface area (Å²) in [5.41, 5.74) is 8.40. The fraction of sp³-hybridized carbons (Fsp3) is 0.519. The summed E-state index contributed by atoms with van der Waals surface area (Å²) in [6.45, 7) is 7.44. The minimum atomic E-state index is -0.578. The van der Waals surface area contributed by atoms with Crippen LogP contribution in [0.15, 0.2) is 30.3 Å². The number of benzene rings is 1. The van der Waals surface area contributed by atoms with Gasteiger partial charge in [0, 0.05) is 70.0 Å². The van der Waals surface area contributed by atoms with Gasteiger partial charge >= 0.3 is 0 Å². The molecule has 11 heteroatoms. The normalized spacial score (nSPS) is 23.1. The van der Waals surface area contributed by atoms with Gasteiger partial charge in [0.2, 0.25) is 11.8 Å². The molecular formula is C27H34N8O3. The van der Waals surface area contributed by atoms with Crippen LogP contribution in [0.25, 0.3) is 0 Å². The molecule has 6 rings (SSSR count). The second-order valence-electron chi connectivity index (χ2n) is 10.8. The predicted molar refractivity (Wildman–Crippen MR) is 143 cm³/mol. The minimum absolute atomic E-state index is 0.125. The van der Waals surface area contributed by atoms with E-state index in [1.54, 1.807) is 11.0 Å². The SMILES string of the molecule is Nc1ccc(N2CCC(CN3CCN(c4ccc5c(c4)CN(C4CCC(=O)NC4=O)C5=O)CC3)CC2)nn1. The first kappa shape index (κ1) is 24.6. The van der Waals surface area contributed by atoms with Crippen LogP contribution in [-0.4, -0.2) is 89.6 Å². The number of fused-ring (bicyclic) bond motifs is 1. The number of amides is 3. The maximum atomic E-state index is 13.0. The quantitative estimate of drug-likeness (QED) is 0.554. The molecule has 38 heavy (non-hydrogen) atoms. The Morgan fingerprint density at radius 1 is 0.895 bits per heavy atom. The van der Waals surface area contributed by atoms with Crippen molar-refractivity contribution < 1.29 is 14.4 Å². The van der Waals surface area contributed by atoms with E-state index in [1.165, 1.54) is 0 Å². The number of nitrogens with zero attached hydrogens (tertiary/aromatic N) is 6. The van der Waals surface area contributed by atoms with Crippen molar-refractivity contribution in [1.82, 2.24) is 25.3 Å².